The molecule has 0 radical (unpaired) electrons. The zero-order valence-electron chi connectivity index (χ0n) is 26.0. The van der Waals surface area contributed by atoms with Crippen LogP contribution in [0.15, 0.2) is 53.0 Å². The fourth-order valence-corrected chi connectivity index (χ4v) is 7.11. The lowest BCUT2D eigenvalue weighted by Gasteiger charge is -2.50. The summed E-state index contributed by atoms with van der Waals surface area (Å²) in [5, 5.41) is 48.7. The zero-order valence-corrected chi connectivity index (χ0v) is 26.0. The van der Waals surface area contributed by atoms with Crippen LogP contribution in [0.25, 0.3) is 11.1 Å². The van der Waals surface area contributed by atoms with Crippen molar-refractivity contribution in [3.05, 3.63) is 69.7 Å². The highest BCUT2D eigenvalue weighted by Crippen LogP contribution is 2.53. The molecule has 12 heteroatoms. The molecule has 5 rings (SSSR count). The Bertz CT molecular complexity index is 1650. The number of hydrogen-bond donors (Lipinski definition) is 6. The number of methoxy groups -OCH3 is 1. The smallest absolute Gasteiger partial charge is 0.255 e. The first-order chi connectivity index (χ1) is 21.2. The summed E-state index contributed by atoms with van der Waals surface area (Å²) in [6, 6.07) is 7.82. The summed E-state index contributed by atoms with van der Waals surface area (Å²) in [7, 11) is 8.74. The number of aromatic hydroxyl groups is 1. The van der Waals surface area contributed by atoms with E-state index in [2.05, 4.69) is 10.2 Å². The summed E-state index contributed by atoms with van der Waals surface area (Å²) in [6.07, 6.45) is 0.181. The first-order valence-electron chi connectivity index (χ1n) is 14.8. The van der Waals surface area contributed by atoms with E-state index in [1.54, 1.807) is 27.3 Å². The number of carbonyl (C=O) groups excluding carboxylic acids is 3. The zero-order chi connectivity index (χ0) is 33.0. The van der Waals surface area contributed by atoms with Crippen LogP contribution in [0, 0.1) is 11.8 Å². The molecular formula is C33H40N4O8. The number of rotatable bonds is 9. The first-order valence-corrected chi connectivity index (χ1v) is 14.8. The van der Waals surface area contributed by atoms with Crippen LogP contribution in [0.1, 0.15) is 27.9 Å². The first kappa shape index (κ1) is 32.2. The maximum Gasteiger partial charge on any atom is 0.255 e. The SMILES string of the molecule is COc1ccc(CNCCN(C)C)cc1-c1ccc(O)c2c1C[C@H]1C[C@H]3C(N(C)C)C(O)=C(C(N)=O)C(=O)[C@@]3(O)C(O)=C1C2=O. The van der Waals surface area contributed by atoms with Gasteiger partial charge in [0, 0.05) is 36.7 Å². The van der Waals surface area contributed by atoms with E-state index in [-0.39, 0.29) is 29.7 Å². The summed E-state index contributed by atoms with van der Waals surface area (Å²) in [6.45, 7) is 2.25. The number of allylic oxidation sites excluding steroid dienone is 1. The van der Waals surface area contributed by atoms with Gasteiger partial charge in [-0.25, -0.2) is 0 Å². The van der Waals surface area contributed by atoms with Crippen LogP contribution in [0.4, 0.5) is 0 Å². The van der Waals surface area contributed by atoms with Gasteiger partial charge < -0.3 is 41.1 Å². The van der Waals surface area contributed by atoms with Gasteiger partial charge in [-0.15, -0.1) is 0 Å². The molecule has 0 saturated heterocycles. The number of Topliss-reactive ketones (excluding diaryl/α,β-unsaturated/α-hetero) is 2. The van der Waals surface area contributed by atoms with Crippen molar-refractivity contribution in [2.75, 3.05) is 48.4 Å². The minimum Gasteiger partial charge on any atom is -0.510 e. The van der Waals surface area contributed by atoms with Gasteiger partial charge in [0.25, 0.3) is 5.91 Å². The van der Waals surface area contributed by atoms with E-state index in [1.165, 1.54) is 11.0 Å². The van der Waals surface area contributed by atoms with Crippen molar-refractivity contribution in [1.29, 1.82) is 0 Å². The molecule has 0 spiro atoms. The highest BCUT2D eigenvalue weighted by atomic mass is 16.5. The molecule has 3 aliphatic carbocycles. The number of ketones is 2. The van der Waals surface area contributed by atoms with Crippen LogP contribution in [0.5, 0.6) is 11.5 Å². The van der Waals surface area contributed by atoms with Gasteiger partial charge in [-0.2, -0.15) is 0 Å². The van der Waals surface area contributed by atoms with E-state index >= 15 is 0 Å². The Morgan fingerprint density at radius 3 is 2.42 bits per heavy atom. The number of ether oxygens (including phenoxy) is 1. The summed E-state index contributed by atoms with van der Waals surface area (Å²) >= 11 is 0. The minimum atomic E-state index is -2.69. The number of benzene rings is 2. The molecule has 1 amide bonds. The number of aliphatic hydroxyl groups is 3. The summed E-state index contributed by atoms with van der Waals surface area (Å²) < 4.78 is 5.69. The molecule has 3 aliphatic rings. The van der Waals surface area contributed by atoms with Crippen molar-refractivity contribution in [3.8, 4) is 22.6 Å². The summed E-state index contributed by atoms with van der Waals surface area (Å²) in [5.74, 6) is -6.30. The lowest BCUT2D eigenvalue weighted by Crippen LogP contribution is -2.63. The van der Waals surface area contributed by atoms with Gasteiger partial charge in [-0.3, -0.25) is 19.3 Å². The lowest BCUT2D eigenvalue weighted by molar-refractivity contribution is -0.148. The maximum atomic E-state index is 14.1. The molecule has 0 fully saturated rings. The average molecular weight is 621 g/mol. The third-order valence-corrected chi connectivity index (χ3v) is 9.22. The van der Waals surface area contributed by atoms with Crippen LogP contribution in [0.2, 0.25) is 0 Å². The average Bonchev–Trinajstić information content (AvgIpc) is 2.97. The molecule has 12 nitrogen and oxygen atoms in total. The molecule has 1 unspecified atom stereocenters. The monoisotopic (exact) mass is 620 g/mol. The quantitative estimate of drug-likeness (QED) is 0.176. The molecule has 2 aromatic rings. The molecule has 0 heterocycles. The number of nitrogens with one attached hydrogen (secondary N) is 1. The molecule has 2 aromatic carbocycles. The van der Waals surface area contributed by atoms with Crippen LogP contribution < -0.4 is 15.8 Å². The van der Waals surface area contributed by atoms with Crippen LogP contribution in [-0.2, 0) is 22.6 Å². The number of carbonyl (C=O) groups is 3. The van der Waals surface area contributed by atoms with E-state index in [0.717, 1.165) is 18.7 Å². The molecule has 0 saturated carbocycles. The predicted molar refractivity (Wildman–Crippen MR) is 166 cm³/mol. The van der Waals surface area contributed by atoms with Gasteiger partial charge in [-0.1, -0.05) is 12.1 Å². The van der Waals surface area contributed by atoms with E-state index in [4.69, 9.17) is 10.5 Å². The van der Waals surface area contributed by atoms with E-state index in [9.17, 15) is 34.8 Å². The Morgan fingerprint density at radius 2 is 1.80 bits per heavy atom. The second-order valence-corrected chi connectivity index (χ2v) is 12.5. The van der Waals surface area contributed by atoms with Gasteiger partial charge in [-0.05, 0) is 81.8 Å². The van der Waals surface area contributed by atoms with Gasteiger partial charge in [0.1, 0.15) is 28.6 Å². The second-order valence-electron chi connectivity index (χ2n) is 12.5. The number of aliphatic hydroxyl groups excluding tert-OH is 2. The van der Waals surface area contributed by atoms with Crippen molar-refractivity contribution in [1.82, 2.24) is 15.1 Å². The maximum absolute atomic E-state index is 14.1. The number of hydrogen-bond acceptors (Lipinski definition) is 11. The van der Waals surface area contributed by atoms with E-state index in [1.807, 2.05) is 32.3 Å². The number of likely N-dealkylation sites (N-methyl/N-ethyl adjacent to an activating group) is 2. The van der Waals surface area contributed by atoms with Crippen LogP contribution >= 0.6 is 0 Å². The van der Waals surface area contributed by atoms with Crippen molar-refractivity contribution >= 4 is 17.5 Å². The Hall–Kier alpha value is -4.23. The van der Waals surface area contributed by atoms with Gasteiger partial charge in [0.15, 0.2) is 11.4 Å². The summed E-state index contributed by atoms with van der Waals surface area (Å²) in [4.78, 5) is 43.5. The third-order valence-electron chi connectivity index (χ3n) is 9.22. The highest BCUT2D eigenvalue weighted by molar-refractivity contribution is 6.25. The number of phenols is 1. The Kier molecular flexibility index (Phi) is 8.53. The molecule has 0 aliphatic heterocycles. The van der Waals surface area contributed by atoms with Crippen molar-refractivity contribution in [3.63, 3.8) is 0 Å². The van der Waals surface area contributed by atoms with Crippen molar-refractivity contribution in [2.24, 2.45) is 17.6 Å². The number of primary amides is 1. The van der Waals surface area contributed by atoms with Gasteiger partial charge in [0.2, 0.25) is 5.78 Å². The number of fused-ring (bicyclic) bond motifs is 3. The predicted octanol–water partition coefficient (Wildman–Crippen LogP) is 1.45. The molecule has 240 valence electrons. The van der Waals surface area contributed by atoms with Crippen molar-refractivity contribution < 1.29 is 39.5 Å². The normalized spacial score (nSPS) is 24.6. The number of nitrogens with zero attached hydrogens (tertiary/aromatic N) is 2. The highest BCUT2D eigenvalue weighted by Gasteiger charge is 2.63. The number of nitrogens with two attached hydrogens (primary N) is 1. The van der Waals surface area contributed by atoms with Gasteiger partial charge in [0.05, 0.1) is 18.7 Å². The van der Waals surface area contributed by atoms with Crippen LogP contribution in [-0.4, -0.2) is 108 Å². The molecule has 7 N–H and O–H groups in total. The number of amides is 1. The van der Waals surface area contributed by atoms with Crippen LogP contribution in [0.3, 0.4) is 0 Å². The fraction of sp³-hybridized carbons (Fsp3) is 0.424. The van der Waals surface area contributed by atoms with E-state index in [0.29, 0.717) is 29.0 Å². The fourth-order valence-electron chi connectivity index (χ4n) is 7.11. The minimum absolute atomic E-state index is 0.00777. The third kappa shape index (κ3) is 5.17. The molecule has 0 aromatic heterocycles. The second kappa shape index (κ2) is 11.9. The standard InChI is InChI=1S/C33H40N4O8/c1-36(2)11-10-35-15-16-6-9-23(45-5)19(12-16)18-7-8-22(38)25-20(18)13-17-14-21-27(37(3)4)29(40)26(32(34)43)31(42)33(21,44)30(41)24(17)28(25)39/h6-9,12,17,21,27,35,38,40-41,44H,10-11,13-15H2,1-5H3,(H2,34,43)/t17-,21-,27?,33-/m0/s1. The topological polar surface area (TPSA) is 186 Å². The Labute approximate surface area is 261 Å². The van der Waals surface area contributed by atoms with Crippen molar-refractivity contribution in [2.45, 2.75) is 31.0 Å². The van der Waals surface area contributed by atoms with Gasteiger partial charge >= 0.3 is 0 Å². The molecule has 4 atom stereocenters. The molecule has 45 heavy (non-hydrogen) atoms. The Morgan fingerprint density at radius 1 is 1.09 bits per heavy atom. The summed E-state index contributed by atoms with van der Waals surface area (Å²) in [5.41, 5.74) is 4.52. The lowest BCUT2D eigenvalue weighted by atomic mass is 9.58. The number of phenolic OH excluding ortho intramolecular Hbond substituents is 1. The Balaban J connectivity index is 1.63. The molecule has 0 bridgehead atoms. The van der Waals surface area contributed by atoms with E-state index < -0.39 is 58.0 Å². The molecular weight excluding hydrogens is 580 g/mol. The largest absolute Gasteiger partial charge is 0.510 e.